The predicted octanol–water partition coefficient (Wildman–Crippen LogP) is 8.61. The molecule has 10 heteroatoms. The Hall–Kier alpha value is -3.76. The molecule has 0 saturated heterocycles. The zero-order valence-corrected chi connectivity index (χ0v) is 26.9. The fraction of sp³-hybridized carbons (Fsp3) is 0.226. The number of carboxylic acid groups (broad SMARTS) is 1. The quantitative estimate of drug-likeness (QED) is 0.201. The summed E-state index contributed by atoms with van der Waals surface area (Å²) in [5.74, 6) is 0.127. The van der Waals surface area contributed by atoms with Crippen molar-refractivity contribution in [2.75, 3.05) is 7.11 Å². The minimum absolute atomic E-state index is 0.0266. The number of methoxy groups -OCH3 is 1. The zero-order chi connectivity index (χ0) is 30.4. The van der Waals surface area contributed by atoms with E-state index in [0.29, 0.717) is 20.4 Å². The fourth-order valence-corrected chi connectivity index (χ4v) is 4.94. The van der Waals surface area contributed by atoms with E-state index in [0.717, 1.165) is 33.4 Å². The highest BCUT2D eigenvalue weighted by Gasteiger charge is 2.18. The second-order valence-corrected chi connectivity index (χ2v) is 11.3. The maximum absolute atomic E-state index is 11.8. The molecule has 0 amide bonds. The third-order valence-electron chi connectivity index (χ3n) is 5.88. The van der Waals surface area contributed by atoms with Gasteiger partial charge in [-0.05, 0) is 108 Å². The number of carbonyl (C=O) groups excluding carboxylic acids is 1. The first kappa shape index (κ1) is 31.8. The van der Waals surface area contributed by atoms with E-state index in [2.05, 4.69) is 41.8 Å². The molecule has 0 aliphatic rings. The second kappa shape index (κ2) is 13.7. The second-order valence-electron chi connectivity index (χ2n) is 9.47. The van der Waals surface area contributed by atoms with Crippen molar-refractivity contribution in [1.29, 1.82) is 0 Å². The van der Waals surface area contributed by atoms with Gasteiger partial charge < -0.3 is 19.3 Å². The van der Waals surface area contributed by atoms with E-state index < -0.39 is 11.9 Å². The summed E-state index contributed by atoms with van der Waals surface area (Å²) in [6.07, 6.45) is 3.10. The monoisotopic (exact) mass is 684 g/mol. The SMILES string of the molecule is COC(=O)c1cc(Br)cnc1Oc1c(C)cc(C)cc1C.Cc1cc(C)c(Oc2ncc(Br)cc2C(=O)O)c(C)c1. The zero-order valence-electron chi connectivity index (χ0n) is 23.8. The topological polar surface area (TPSA) is 108 Å². The van der Waals surface area contributed by atoms with E-state index in [9.17, 15) is 14.7 Å². The molecule has 4 rings (SSSR count). The number of ether oxygens (including phenoxy) is 3. The van der Waals surface area contributed by atoms with Crippen LogP contribution in [-0.2, 0) is 4.74 Å². The first-order chi connectivity index (χ1) is 19.3. The van der Waals surface area contributed by atoms with Gasteiger partial charge in [0.1, 0.15) is 22.6 Å². The molecule has 2 aromatic carbocycles. The van der Waals surface area contributed by atoms with Crippen molar-refractivity contribution < 1.29 is 28.9 Å². The third kappa shape index (κ3) is 8.14. The molecule has 2 aromatic heterocycles. The van der Waals surface area contributed by atoms with Gasteiger partial charge in [-0.3, -0.25) is 0 Å². The highest BCUT2D eigenvalue weighted by Crippen LogP contribution is 2.33. The van der Waals surface area contributed by atoms with Gasteiger partial charge in [-0.25, -0.2) is 19.6 Å². The maximum Gasteiger partial charge on any atom is 0.343 e. The van der Waals surface area contributed by atoms with Crippen LogP contribution in [-0.4, -0.2) is 34.1 Å². The minimum Gasteiger partial charge on any atom is -0.477 e. The molecule has 1 N–H and O–H groups in total. The molecule has 41 heavy (non-hydrogen) atoms. The van der Waals surface area contributed by atoms with Crippen LogP contribution >= 0.6 is 31.9 Å². The van der Waals surface area contributed by atoms with Crippen molar-refractivity contribution >= 4 is 43.8 Å². The Bertz CT molecular complexity index is 1570. The average molecular weight is 686 g/mol. The van der Waals surface area contributed by atoms with Gasteiger partial charge in [-0.1, -0.05) is 35.4 Å². The molecule has 0 bridgehead atoms. The number of rotatable bonds is 6. The van der Waals surface area contributed by atoms with Gasteiger partial charge in [-0.15, -0.1) is 0 Å². The molecule has 0 atom stereocenters. The lowest BCUT2D eigenvalue weighted by Crippen LogP contribution is -2.06. The summed E-state index contributed by atoms with van der Waals surface area (Å²) in [7, 11) is 1.33. The predicted molar refractivity (Wildman–Crippen MR) is 164 cm³/mol. The summed E-state index contributed by atoms with van der Waals surface area (Å²) < 4.78 is 17.7. The van der Waals surface area contributed by atoms with Gasteiger partial charge in [0.2, 0.25) is 11.8 Å². The minimum atomic E-state index is -1.07. The summed E-state index contributed by atoms with van der Waals surface area (Å²) in [6.45, 7) is 11.8. The lowest BCUT2D eigenvalue weighted by atomic mass is 10.1. The van der Waals surface area contributed by atoms with Gasteiger partial charge in [0.25, 0.3) is 0 Å². The highest BCUT2D eigenvalue weighted by molar-refractivity contribution is 9.10. The fourth-order valence-electron chi connectivity index (χ4n) is 4.27. The normalized spacial score (nSPS) is 10.4. The number of halogens is 2. The lowest BCUT2D eigenvalue weighted by Gasteiger charge is -2.14. The smallest absolute Gasteiger partial charge is 0.343 e. The molecule has 0 unspecified atom stereocenters. The van der Waals surface area contributed by atoms with Crippen molar-refractivity contribution in [3.63, 3.8) is 0 Å². The summed E-state index contributed by atoms with van der Waals surface area (Å²) in [4.78, 5) is 31.3. The molecule has 214 valence electrons. The maximum atomic E-state index is 11.8. The van der Waals surface area contributed by atoms with Crippen molar-refractivity contribution in [2.45, 2.75) is 41.5 Å². The Balaban J connectivity index is 0.000000226. The number of benzene rings is 2. The molecule has 0 aliphatic heterocycles. The molecule has 8 nitrogen and oxygen atoms in total. The lowest BCUT2D eigenvalue weighted by molar-refractivity contribution is 0.0596. The van der Waals surface area contributed by atoms with Gasteiger partial charge in [0.05, 0.1) is 7.11 Å². The summed E-state index contributed by atoms with van der Waals surface area (Å²) >= 11 is 6.50. The van der Waals surface area contributed by atoms with Crippen LogP contribution in [0, 0.1) is 41.5 Å². The van der Waals surface area contributed by atoms with Gasteiger partial charge in [0.15, 0.2) is 0 Å². The standard InChI is InChI=1S/C16H16BrNO3.C15H14BrNO3/c1-9-5-10(2)14(11(3)6-9)21-15-13(16(19)20-4)7-12(17)8-18-15;1-8-4-9(2)13(10(3)5-8)20-14-12(15(18)19)6-11(16)7-17-14/h5-8H,1-4H3;4-7H,1-3H3,(H,18,19). The molecule has 0 aliphatic carbocycles. The van der Waals surface area contributed by atoms with E-state index in [4.69, 9.17) is 14.2 Å². The Morgan fingerprint density at radius 3 is 1.39 bits per heavy atom. The molecule has 2 heterocycles. The number of aromatic carboxylic acids is 1. The highest BCUT2D eigenvalue weighted by atomic mass is 79.9. The number of carbonyl (C=O) groups is 2. The molecular weight excluding hydrogens is 656 g/mol. The van der Waals surface area contributed by atoms with Crippen LogP contribution in [0.15, 0.2) is 57.7 Å². The van der Waals surface area contributed by atoms with Gasteiger partial charge in [0, 0.05) is 21.3 Å². The summed E-state index contributed by atoms with van der Waals surface area (Å²) in [5, 5.41) is 9.21. The Morgan fingerprint density at radius 1 is 0.659 bits per heavy atom. The van der Waals surface area contributed by atoms with Crippen LogP contribution in [0.5, 0.6) is 23.3 Å². The Labute approximate surface area is 256 Å². The number of hydrogen-bond acceptors (Lipinski definition) is 7. The summed E-state index contributed by atoms with van der Waals surface area (Å²) in [5.41, 5.74) is 6.49. The Kier molecular flexibility index (Phi) is 10.6. The van der Waals surface area contributed by atoms with E-state index in [1.54, 1.807) is 12.3 Å². The number of hydrogen-bond donors (Lipinski definition) is 1. The number of pyridine rings is 2. The van der Waals surface area contributed by atoms with Gasteiger partial charge in [-0.2, -0.15) is 0 Å². The molecule has 4 aromatic rings. The number of carboxylic acids is 1. The molecular formula is C31H30Br2N2O6. The van der Waals surface area contributed by atoms with Crippen molar-refractivity contribution in [1.82, 2.24) is 9.97 Å². The molecule has 0 fully saturated rings. The number of aryl methyl sites for hydroxylation is 6. The molecule has 0 saturated carbocycles. The van der Waals surface area contributed by atoms with Crippen molar-refractivity contribution in [2.24, 2.45) is 0 Å². The largest absolute Gasteiger partial charge is 0.477 e. The third-order valence-corrected chi connectivity index (χ3v) is 6.75. The van der Waals surface area contributed by atoms with Gasteiger partial charge >= 0.3 is 11.9 Å². The summed E-state index contributed by atoms with van der Waals surface area (Å²) in [6, 6.07) is 11.1. The van der Waals surface area contributed by atoms with Crippen molar-refractivity contribution in [3.05, 3.63) is 102 Å². The number of aromatic nitrogens is 2. The first-order valence-electron chi connectivity index (χ1n) is 12.4. The van der Waals surface area contributed by atoms with Crippen LogP contribution in [0.2, 0.25) is 0 Å². The van der Waals surface area contributed by atoms with E-state index in [1.807, 2.05) is 65.8 Å². The van der Waals surface area contributed by atoms with Crippen LogP contribution < -0.4 is 9.47 Å². The molecule has 0 radical (unpaired) electrons. The first-order valence-corrected chi connectivity index (χ1v) is 14.0. The van der Waals surface area contributed by atoms with Crippen molar-refractivity contribution in [3.8, 4) is 23.3 Å². The van der Waals surface area contributed by atoms with E-state index >= 15 is 0 Å². The van der Waals surface area contributed by atoms with E-state index in [-0.39, 0.29) is 22.9 Å². The van der Waals surface area contributed by atoms with Crippen LogP contribution in [0.25, 0.3) is 0 Å². The number of nitrogens with zero attached hydrogens (tertiary/aromatic N) is 2. The average Bonchev–Trinajstić information content (AvgIpc) is 2.89. The van der Waals surface area contributed by atoms with Crippen LogP contribution in [0.1, 0.15) is 54.1 Å². The van der Waals surface area contributed by atoms with E-state index in [1.165, 1.54) is 19.4 Å². The van der Waals surface area contributed by atoms with Crippen LogP contribution in [0.4, 0.5) is 0 Å². The number of esters is 1. The Morgan fingerprint density at radius 2 is 1.02 bits per heavy atom. The van der Waals surface area contributed by atoms with Crippen LogP contribution in [0.3, 0.4) is 0 Å². The molecule has 0 spiro atoms.